The lowest BCUT2D eigenvalue weighted by Crippen LogP contribution is -2.28. The fourth-order valence-corrected chi connectivity index (χ4v) is 6.19. The summed E-state index contributed by atoms with van der Waals surface area (Å²) >= 11 is 1.61. The van der Waals surface area contributed by atoms with Crippen LogP contribution in [-0.2, 0) is 9.53 Å². The van der Waals surface area contributed by atoms with E-state index in [-0.39, 0.29) is 11.8 Å². The van der Waals surface area contributed by atoms with Gasteiger partial charge in [0.1, 0.15) is 11.5 Å². The molecular weight excluding hydrogens is 456 g/mol. The van der Waals surface area contributed by atoms with E-state index in [2.05, 4.69) is 12.2 Å². The van der Waals surface area contributed by atoms with Crippen LogP contribution < -0.4 is 5.32 Å². The van der Waals surface area contributed by atoms with Crippen molar-refractivity contribution >= 4 is 22.3 Å². The van der Waals surface area contributed by atoms with Crippen LogP contribution in [0.5, 0.6) is 0 Å². The van der Waals surface area contributed by atoms with Gasteiger partial charge in [-0.1, -0.05) is 84.0 Å². The van der Waals surface area contributed by atoms with Crippen molar-refractivity contribution in [3.8, 4) is 11.5 Å². The third kappa shape index (κ3) is 9.05. The third-order valence-electron chi connectivity index (χ3n) is 7.25. The zero-order valence-corrected chi connectivity index (χ0v) is 22.8. The topological polar surface area (TPSA) is 64.4 Å². The molecule has 6 heteroatoms. The largest absolute Gasteiger partial charge is 0.463 e. The number of unbranched alkanes of at least 4 members (excludes halogenated alkanes) is 11. The number of ether oxygens (including phenoxy) is 1. The van der Waals surface area contributed by atoms with E-state index in [4.69, 9.17) is 14.1 Å². The zero-order valence-electron chi connectivity index (χ0n) is 22.0. The summed E-state index contributed by atoms with van der Waals surface area (Å²) in [6, 6.07) is 3.83. The number of furan rings is 1. The van der Waals surface area contributed by atoms with Crippen molar-refractivity contribution in [2.45, 2.75) is 109 Å². The van der Waals surface area contributed by atoms with Crippen molar-refractivity contribution in [3.63, 3.8) is 0 Å². The number of hydrogen-bond acceptors (Lipinski definition) is 6. The SMILES string of the molecule is CCCCCCCCCCCCCCC(C(=O)C1CCOCC1)c1sc(NC)nc1-c1ccco1. The number of carbonyl (C=O) groups excluding carboxylic acids is 1. The molecule has 0 aromatic carbocycles. The third-order valence-corrected chi connectivity index (χ3v) is 8.44. The van der Waals surface area contributed by atoms with E-state index in [0.717, 1.165) is 47.1 Å². The van der Waals surface area contributed by atoms with E-state index in [1.54, 1.807) is 17.6 Å². The van der Waals surface area contributed by atoms with Crippen LogP contribution in [0.2, 0.25) is 0 Å². The van der Waals surface area contributed by atoms with Gasteiger partial charge >= 0.3 is 0 Å². The Morgan fingerprint density at radius 1 is 1.03 bits per heavy atom. The minimum atomic E-state index is -0.110. The number of nitrogens with one attached hydrogen (secondary N) is 1. The van der Waals surface area contributed by atoms with Gasteiger partial charge in [0.25, 0.3) is 0 Å². The van der Waals surface area contributed by atoms with E-state index in [1.165, 1.54) is 70.6 Å². The Morgan fingerprint density at radius 2 is 1.66 bits per heavy atom. The predicted molar refractivity (Wildman–Crippen MR) is 146 cm³/mol. The van der Waals surface area contributed by atoms with Crippen LogP contribution in [0.15, 0.2) is 22.8 Å². The molecule has 3 heterocycles. The maximum Gasteiger partial charge on any atom is 0.183 e. The number of nitrogens with zero attached hydrogens (tertiary/aromatic N) is 1. The summed E-state index contributed by atoms with van der Waals surface area (Å²) in [6.07, 6.45) is 20.1. The van der Waals surface area contributed by atoms with Gasteiger partial charge in [0.2, 0.25) is 0 Å². The average Bonchev–Trinajstić information content (AvgIpc) is 3.57. The van der Waals surface area contributed by atoms with Crippen molar-refractivity contribution in [3.05, 3.63) is 23.3 Å². The smallest absolute Gasteiger partial charge is 0.183 e. The Hall–Kier alpha value is -1.66. The molecule has 0 amide bonds. The van der Waals surface area contributed by atoms with Crippen LogP contribution in [0.25, 0.3) is 11.5 Å². The lowest BCUT2D eigenvalue weighted by atomic mass is 9.83. The molecule has 1 atom stereocenters. The summed E-state index contributed by atoms with van der Waals surface area (Å²) in [6.45, 7) is 3.66. The predicted octanol–water partition coefficient (Wildman–Crippen LogP) is 8.62. The standard InChI is InChI=1S/C29H46N2O3S/c1-3-4-5-6-7-8-9-10-11-12-13-14-16-24(27(32)23-18-21-33-22-19-23)28-26(25-17-15-20-34-25)31-29(30-2)35-28/h15,17,20,23-24H,3-14,16,18-19,21-22H2,1-2H3,(H,30,31). The highest BCUT2D eigenvalue weighted by Gasteiger charge is 2.33. The van der Waals surface area contributed by atoms with E-state index in [9.17, 15) is 4.79 Å². The number of thiazole rings is 1. The maximum atomic E-state index is 13.7. The molecule has 1 saturated heterocycles. The van der Waals surface area contributed by atoms with Crippen LogP contribution in [0.3, 0.4) is 0 Å². The van der Waals surface area contributed by atoms with E-state index in [0.29, 0.717) is 19.0 Å². The first-order valence-corrected chi connectivity index (χ1v) is 14.9. The van der Waals surface area contributed by atoms with Crippen LogP contribution >= 0.6 is 11.3 Å². The van der Waals surface area contributed by atoms with Gasteiger partial charge < -0.3 is 14.5 Å². The fourth-order valence-electron chi connectivity index (χ4n) is 5.12. The minimum Gasteiger partial charge on any atom is -0.463 e. The Labute approximate surface area is 216 Å². The Kier molecular flexibility index (Phi) is 12.9. The molecule has 0 spiro atoms. The molecule has 1 aliphatic rings. The molecule has 2 aromatic heterocycles. The van der Waals surface area contributed by atoms with E-state index < -0.39 is 0 Å². The van der Waals surface area contributed by atoms with Gasteiger partial charge in [0, 0.05) is 31.1 Å². The van der Waals surface area contributed by atoms with Crippen molar-refractivity contribution in [2.75, 3.05) is 25.6 Å². The monoisotopic (exact) mass is 502 g/mol. The van der Waals surface area contributed by atoms with Gasteiger partial charge in [-0.05, 0) is 31.4 Å². The summed E-state index contributed by atoms with van der Waals surface area (Å²) < 4.78 is 11.2. The maximum absolute atomic E-state index is 13.7. The number of aromatic nitrogens is 1. The molecule has 0 aliphatic carbocycles. The first-order valence-electron chi connectivity index (χ1n) is 14.1. The van der Waals surface area contributed by atoms with Crippen LogP contribution in [-0.4, -0.2) is 31.0 Å². The summed E-state index contributed by atoms with van der Waals surface area (Å²) in [5.74, 6) is 1.10. The van der Waals surface area contributed by atoms with E-state index in [1.807, 2.05) is 19.2 Å². The lowest BCUT2D eigenvalue weighted by molar-refractivity contribution is -0.127. The average molecular weight is 503 g/mol. The summed E-state index contributed by atoms with van der Waals surface area (Å²) in [7, 11) is 1.88. The molecule has 1 fully saturated rings. The minimum absolute atomic E-state index is 0.0932. The number of Topliss-reactive ketones (excluding diaryl/α,β-unsaturated/α-hetero) is 1. The number of hydrogen-bond donors (Lipinski definition) is 1. The van der Waals surface area contributed by atoms with Crippen LogP contribution in [0, 0.1) is 5.92 Å². The molecule has 196 valence electrons. The highest BCUT2D eigenvalue weighted by atomic mass is 32.1. The van der Waals surface area contributed by atoms with Gasteiger partial charge in [-0.2, -0.15) is 0 Å². The Bertz CT molecular complexity index is 827. The summed E-state index contributed by atoms with van der Waals surface area (Å²) in [5.41, 5.74) is 0.827. The Morgan fingerprint density at radius 3 is 2.23 bits per heavy atom. The zero-order chi connectivity index (χ0) is 24.7. The molecule has 0 bridgehead atoms. The first kappa shape index (κ1) is 27.9. The van der Waals surface area contributed by atoms with Crippen molar-refractivity contribution < 1.29 is 13.9 Å². The highest BCUT2D eigenvalue weighted by molar-refractivity contribution is 7.16. The molecule has 1 N–H and O–H groups in total. The molecular formula is C29H46N2O3S. The van der Waals surface area contributed by atoms with E-state index >= 15 is 0 Å². The molecule has 0 saturated carbocycles. The second-order valence-electron chi connectivity index (χ2n) is 9.98. The van der Waals surface area contributed by atoms with Gasteiger partial charge in [0.05, 0.1) is 12.2 Å². The molecule has 35 heavy (non-hydrogen) atoms. The van der Waals surface area contributed by atoms with Crippen LogP contribution in [0.1, 0.15) is 114 Å². The second kappa shape index (κ2) is 16.2. The quantitative estimate of drug-likeness (QED) is 0.207. The normalized spacial score (nSPS) is 15.4. The molecule has 2 aromatic rings. The number of ketones is 1. The van der Waals surface area contributed by atoms with Crippen LogP contribution in [0.4, 0.5) is 5.13 Å². The lowest BCUT2D eigenvalue weighted by Gasteiger charge is -2.25. The first-order chi connectivity index (χ1) is 17.2. The van der Waals surface area contributed by atoms with Gasteiger partial charge in [-0.15, -0.1) is 11.3 Å². The highest BCUT2D eigenvalue weighted by Crippen LogP contribution is 2.41. The van der Waals surface area contributed by atoms with Crippen molar-refractivity contribution in [2.24, 2.45) is 5.92 Å². The molecule has 5 nitrogen and oxygen atoms in total. The molecule has 1 unspecified atom stereocenters. The molecule has 3 rings (SSSR count). The molecule has 0 radical (unpaired) electrons. The fraction of sp³-hybridized carbons (Fsp3) is 0.724. The van der Waals surface area contributed by atoms with Crippen molar-refractivity contribution in [1.29, 1.82) is 0 Å². The number of rotatable bonds is 18. The summed E-state index contributed by atoms with van der Waals surface area (Å²) in [4.78, 5) is 19.5. The van der Waals surface area contributed by atoms with Gasteiger partial charge in [-0.25, -0.2) is 4.98 Å². The molecule has 1 aliphatic heterocycles. The van der Waals surface area contributed by atoms with Gasteiger partial charge in [-0.3, -0.25) is 4.79 Å². The van der Waals surface area contributed by atoms with Gasteiger partial charge in [0.15, 0.2) is 10.9 Å². The number of anilines is 1. The Balaban J connectivity index is 1.52. The summed E-state index contributed by atoms with van der Waals surface area (Å²) in [5, 5.41) is 4.01. The number of carbonyl (C=O) groups is 1. The second-order valence-corrected chi connectivity index (χ2v) is 11.0. The van der Waals surface area contributed by atoms with Crippen molar-refractivity contribution in [1.82, 2.24) is 4.98 Å².